The monoisotopic (exact) mass is 443 g/mol. The number of amides is 1. The topological polar surface area (TPSA) is 88.8 Å². The van der Waals surface area contributed by atoms with Gasteiger partial charge in [0.25, 0.3) is 5.91 Å². The fourth-order valence-electron chi connectivity index (χ4n) is 3.08. The molecule has 4 rings (SSSR count). The number of nitrogens with one attached hydrogen (secondary N) is 1. The number of amidine groups is 1. The van der Waals surface area contributed by atoms with Crippen LogP contribution in [0.2, 0.25) is 0 Å². The molecule has 3 aromatic heterocycles. The predicted octanol–water partition coefficient (Wildman–Crippen LogP) is 4.53. The van der Waals surface area contributed by atoms with Gasteiger partial charge in [-0.25, -0.2) is 4.37 Å². The normalized spacial score (nSPS) is 12.8. The third-order valence-electron chi connectivity index (χ3n) is 4.43. The Morgan fingerprint density at radius 3 is 3.03 bits per heavy atom. The average molecular weight is 444 g/mol. The number of pyridine rings is 1. The van der Waals surface area contributed by atoms with Crippen molar-refractivity contribution in [1.29, 1.82) is 0 Å². The second-order valence-corrected chi connectivity index (χ2v) is 8.73. The number of thioether (sulfide) groups is 1. The first-order valence-corrected chi connectivity index (χ1v) is 11.5. The molecular weight excluding hydrogens is 426 g/mol. The van der Waals surface area contributed by atoms with Gasteiger partial charge >= 0.3 is 0 Å². The van der Waals surface area contributed by atoms with E-state index in [9.17, 15) is 4.79 Å². The molecule has 0 aromatic carbocycles. The molecule has 0 atom stereocenters. The van der Waals surface area contributed by atoms with Crippen LogP contribution in [-0.2, 0) is 12.8 Å². The smallest absolute Gasteiger partial charge is 0.267 e. The molecule has 0 radical (unpaired) electrons. The van der Waals surface area contributed by atoms with Gasteiger partial charge in [-0.2, -0.15) is 5.10 Å². The summed E-state index contributed by atoms with van der Waals surface area (Å²) in [6, 6.07) is 3.70. The minimum Gasteiger partial charge on any atom is -0.444 e. The highest BCUT2D eigenvalue weighted by Gasteiger charge is 2.31. The van der Waals surface area contributed by atoms with E-state index < -0.39 is 0 Å². The molecule has 0 fully saturated rings. The Morgan fingerprint density at radius 2 is 2.28 bits per heavy atom. The minimum absolute atomic E-state index is 0.228. The van der Waals surface area contributed by atoms with Gasteiger partial charge in [0.2, 0.25) is 0 Å². The highest BCUT2D eigenvalue weighted by atomic mass is 32.2. The molecule has 148 valence electrons. The SMILES string of the molecule is C=N/N=C(/NC(=O)c1sc(Oc2cccnc2C)c2c1CCc1cnsc1-2)SC. The summed E-state index contributed by atoms with van der Waals surface area (Å²) in [7, 11) is 0. The van der Waals surface area contributed by atoms with Crippen molar-refractivity contribution < 1.29 is 9.53 Å². The lowest BCUT2D eigenvalue weighted by Crippen LogP contribution is -2.28. The Hall–Kier alpha value is -2.56. The number of rotatable bonds is 4. The van der Waals surface area contributed by atoms with Crippen LogP contribution < -0.4 is 10.1 Å². The number of carbonyl (C=O) groups is 1. The maximum absolute atomic E-state index is 13.0. The summed E-state index contributed by atoms with van der Waals surface area (Å²) >= 11 is 4.06. The number of hydrogen-bond acceptors (Lipinski definition) is 9. The molecule has 0 saturated carbocycles. The maximum atomic E-state index is 13.0. The fourth-order valence-corrected chi connectivity index (χ4v) is 5.46. The van der Waals surface area contributed by atoms with E-state index in [1.165, 1.54) is 40.2 Å². The van der Waals surface area contributed by atoms with Crippen LogP contribution in [0.3, 0.4) is 0 Å². The summed E-state index contributed by atoms with van der Waals surface area (Å²) < 4.78 is 10.6. The third kappa shape index (κ3) is 3.83. The zero-order valence-corrected chi connectivity index (χ0v) is 18.2. The Kier molecular flexibility index (Phi) is 5.74. The summed E-state index contributed by atoms with van der Waals surface area (Å²) in [6.45, 7) is 5.24. The van der Waals surface area contributed by atoms with Gasteiger partial charge in [0.05, 0.1) is 21.0 Å². The van der Waals surface area contributed by atoms with Gasteiger partial charge in [0, 0.05) is 19.1 Å². The van der Waals surface area contributed by atoms with Crippen LogP contribution in [0.1, 0.15) is 26.5 Å². The molecule has 0 spiro atoms. The largest absolute Gasteiger partial charge is 0.444 e. The molecular formula is C19H17N5O2S3. The third-order valence-corrected chi connectivity index (χ3v) is 6.97. The number of aryl methyl sites for hydroxylation is 2. The first-order valence-electron chi connectivity index (χ1n) is 8.70. The number of nitrogens with zero attached hydrogens (tertiary/aromatic N) is 4. The molecule has 0 aliphatic heterocycles. The molecule has 1 N–H and O–H groups in total. The summed E-state index contributed by atoms with van der Waals surface area (Å²) in [4.78, 5) is 19.0. The van der Waals surface area contributed by atoms with Crippen LogP contribution in [-0.4, -0.2) is 33.4 Å². The van der Waals surface area contributed by atoms with Gasteiger partial charge < -0.3 is 4.74 Å². The van der Waals surface area contributed by atoms with E-state index in [4.69, 9.17) is 4.74 Å². The van der Waals surface area contributed by atoms with E-state index in [0.29, 0.717) is 20.9 Å². The van der Waals surface area contributed by atoms with Gasteiger partial charge in [-0.1, -0.05) is 23.1 Å². The van der Waals surface area contributed by atoms with Crippen LogP contribution in [0.25, 0.3) is 10.4 Å². The van der Waals surface area contributed by atoms with E-state index in [1.807, 2.05) is 31.5 Å². The molecule has 1 amide bonds. The second-order valence-electron chi connectivity index (χ2n) is 6.15. The summed E-state index contributed by atoms with van der Waals surface area (Å²) in [5.41, 5.74) is 3.90. The van der Waals surface area contributed by atoms with Crippen molar-refractivity contribution in [3.63, 3.8) is 0 Å². The van der Waals surface area contributed by atoms with E-state index in [1.54, 1.807) is 6.20 Å². The zero-order valence-electron chi connectivity index (χ0n) is 15.8. The maximum Gasteiger partial charge on any atom is 0.267 e. The molecule has 0 bridgehead atoms. The van der Waals surface area contributed by atoms with Crippen LogP contribution in [0.4, 0.5) is 0 Å². The van der Waals surface area contributed by atoms with E-state index in [-0.39, 0.29) is 5.91 Å². The Balaban J connectivity index is 1.78. The van der Waals surface area contributed by atoms with Crippen molar-refractivity contribution in [2.24, 2.45) is 10.2 Å². The lowest BCUT2D eigenvalue weighted by atomic mass is 9.93. The van der Waals surface area contributed by atoms with E-state index in [2.05, 4.69) is 31.6 Å². The van der Waals surface area contributed by atoms with Crippen LogP contribution in [0.15, 0.2) is 34.7 Å². The molecule has 3 heterocycles. The van der Waals surface area contributed by atoms with Crippen molar-refractivity contribution in [1.82, 2.24) is 14.7 Å². The highest BCUT2D eigenvalue weighted by molar-refractivity contribution is 8.13. The summed E-state index contributed by atoms with van der Waals surface area (Å²) in [5, 5.41) is 11.2. The zero-order chi connectivity index (χ0) is 20.4. The number of fused-ring (bicyclic) bond motifs is 3. The molecule has 3 aromatic rings. The standard InChI is InChI=1S/C19H17N5O2S3/c1-10-13(5-4-8-21-10)26-18-14-12(7-6-11-9-22-29-15(11)14)16(28-18)17(25)23-19(27-3)24-20-2/h4-5,8-9H,2,6-7H2,1,3H3,(H,23,24,25). The Bertz CT molecular complexity index is 1120. The first kappa shape index (κ1) is 19.7. The van der Waals surface area contributed by atoms with Crippen molar-refractivity contribution >= 4 is 52.4 Å². The van der Waals surface area contributed by atoms with Crippen molar-refractivity contribution in [2.45, 2.75) is 19.8 Å². The van der Waals surface area contributed by atoms with Crippen molar-refractivity contribution in [2.75, 3.05) is 6.26 Å². The second kappa shape index (κ2) is 8.44. The quantitative estimate of drug-likeness (QED) is 0.364. The lowest BCUT2D eigenvalue weighted by molar-refractivity contribution is 0.0981. The molecule has 0 saturated heterocycles. The molecule has 29 heavy (non-hydrogen) atoms. The van der Waals surface area contributed by atoms with Crippen molar-refractivity contribution in [3.8, 4) is 21.3 Å². The molecule has 10 heteroatoms. The molecule has 0 unspecified atom stereocenters. The predicted molar refractivity (Wildman–Crippen MR) is 120 cm³/mol. The first-order chi connectivity index (χ1) is 14.1. The number of aromatic nitrogens is 2. The number of ether oxygens (including phenoxy) is 1. The van der Waals surface area contributed by atoms with Crippen LogP contribution in [0, 0.1) is 6.92 Å². The molecule has 1 aliphatic carbocycles. The minimum atomic E-state index is -0.228. The number of hydrogen-bond donors (Lipinski definition) is 1. The van der Waals surface area contributed by atoms with Gasteiger partial charge in [-0.3, -0.25) is 15.1 Å². The van der Waals surface area contributed by atoms with Gasteiger partial charge in [0.15, 0.2) is 10.2 Å². The summed E-state index contributed by atoms with van der Waals surface area (Å²) in [6.07, 6.45) is 7.04. The van der Waals surface area contributed by atoms with E-state index in [0.717, 1.165) is 34.5 Å². The lowest BCUT2D eigenvalue weighted by Gasteiger charge is -2.14. The van der Waals surface area contributed by atoms with Gasteiger partial charge in [-0.05, 0) is 60.8 Å². The Morgan fingerprint density at radius 1 is 1.41 bits per heavy atom. The highest BCUT2D eigenvalue weighted by Crippen LogP contribution is 2.50. The summed E-state index contributed by atoms with van der Waals surface area (Å²) in [5.74, 6) is 0.441. The molecule has 7 nitrogen and oxygen atoms in total. The molecule has 1 aliphatic rings. The van der Waals surface area contributed by atoms with Gasteiger partial charge in [-0.15, -0.1) is 5.10 Å². The average Bonchev–Trinajstić information content (AvgIpc) is 3.33. The Labute approximate surface area is 180 Å². The van der Waals surface area contributed by atoms with Crippen LogP contribution >= 0.6 is 34.6 Å². The van der Waals surface area contributed by atoms with Crippen LogP contribution in [0.5, 0.6) is 10.8 Å². The van der Waals surface area contributed by atoms with Crippen molar-refractivity contribution in [3.05, 3.63) is 46.2 Å². The number of carbonyl (C=O) groups excluding carboxylic acids is 1. The number of thiophene rings is 1. The van der Waals surface area contributed by atoms with Gasteiger partial charge in [0.1, 0.15) is 5.75 Å². The van der Waals surface area contributed by atoms with E-state index >= 15 is 0 Å². The fraction of sp³-hybridized carbons (Fsp3) is 0.211.